The lowest BCUT2D eigenvalue weighted by molar-refractivity contribution is -0.115. The zero-order valence-corrected chi connectivity index (χ0v) is 16.2. The molecule has 1 rings (SSSR count). The quantitative estimate of drug-likeness (QED) is 0.260. The molecule has 0 spiro atoms. The second-order valence-electron chi connectivity index (χ2n) is 6.55. The van der Waals surface area contributed by atoms with Crippen molar-refractivity contribution in [3.63, 3.8) is 0 Å². The van der Waals surface area contributed by atoms with Gasteiger partial charge in [-0.3, -0.25) is 9.79 Å². The first-order valence-corrected chi connectivity index (χ1v) is 8.51. The number of hydrogen-bond donors (Lipinski definition) is 4. The summed E-state index contributed by atoms with van der Waals surface area (Å²) in [5.41, 5.74) is 0.778. The molecule has 0 radical (unpaired) electrons. The maximum Gasteiger partial charge on any atom is 0.407 e. The zero-order chi connectivity index (χ0) is 20.3. The third-order valence-corrected chi connectivity index (χ3v) is 3.04. The lowest BCUT2D eigenvalue weighted by Crippen LogP contribution is -2.44. The van der Waals surface area contributed by atoms with Gasteiger partial charge in [0.15, 0.2) is 5.96 Å². The lowest BCUT2D eigenvalue weighted by atomic mass is 10.2. The molecule has 1 aromatic carbocycles. The van der Waals surface area contributed by atoms with Crippen LogP contribution in [0.1, 0.15) is 26.3 Å². The Hall–Kier alpha value is -3.21. The maximum atomic E-state index is 12.0. The molecule has 0 atom stereocenters. The fraction of sp³-hybridized carbons (Fsp3) is 0.421. The molecule has 146 valence electrons. The molecule has 0 heterocycles. The number of guanidine groups is 1. The standard InChI is InChI=1S/C19H27N5O3/c1-6-14-8-7-9-15(12-14)24-16(25)13-23-17(20-5)21-10-11-22-18(26)27-19(2,3)4/h1,7-9,12H,10-11,13H2,2-5H3,(H,22,26)(H,24,25)(H2,20,21,23). The van der Waals surface area contributed by atoms with Gasteiger partial charge in [0.05, 0.1) is 6.54 Å². The first kappa shape index (κ1) is 21.8. The highest BCUT2D eigenvalue weighted by Gasteiger charge is 2.15. The van der Waals surface area contributed by atoms with Crippen molar-refractivity contribution in [3.05, 3.63) is 29.8 Å². The van der Waals surface area contributed by atoms with E-state index in [2.05, 4.69) is 32.2 Å². The van der Waals surface area contributed by atoms with Gasteiger partial charge < -0.3 is 26.0 Å². The van der Waals surface area contributed by atoms with Crippen LogP contribution in [-0.4, -0.2) is 50.2 Å². The number of hydrogen-bond acceptors (Lipinski definition) is 4. The molecule has 0 unspecified atom stereocenters. The van der Waals surface area contributed by atoms with Crippen LogP contribution in [0, 0.1) is 12.3 Å². The molecule has 27 heavy (non-hydrogen) atoms. The van der Waals surface area contributed by atoms with Crippen LogP contribution in [-0.2, 0) is 9.53 Å². The van der Waals surface area contributed by atoms with Gasteiger partial charge >= 0.3 is 6.09 Å². The van der Waals surface area contributed by atoms with E-state index in [9.17, 15) is 9.59 Å². The van der Waals surface area contributed by atoms with Crippen molar-refractivity contribution in [1.29, 1.82) is 0 Å². The number of amides is 2. The molecular weight excluding hydrogens is 346 g/mol. The summed E-state index contributed by atoms with van der Waals surface area (Å²) in [5, 5.41) is 11.2. The Morgan fingerprint density at radius 3 is 2.52 bits per heavy atom. The predicted molar refractivity (Wildman–Crippen MR) is 107 cm³/mol. The summed E-state index contributed by atoms with van der Waals surface area (Å²) in [6.07, 6.45) is 4.85. The number of benzene rings is 1. The maximum absolute atomic E-state index is 12.0. The van der Waals surface area contributed by atoms with E-state index in [0.717, 1.165) is 0 Å². The highest BCUT2D eigenvalue weighted by atomic mass is 16.6. The van der Waals surface area contributed by atoms with Crippen molar-refractivity contribution in [3.8, 4) is 12.3 Å². The SMILES string of the molecule is C#Cc1cccc(NC(=O)CNC(=NC)NCCNC(=O)OC(C)(C)C)c1. The molecule has 2 amide bonds. The van der Waals surface area contributed by atoms with Crippen LogP contribution in [0.5, 0.6) is 0 Å². The van der Waals surface area contributed by atoms with Gasteiger partial charge in [0, 0.05) is 31.4 Å². The number of terminal acetylenes is 1. The largest absolute Gasteiger partial charge is 0.444 e. The van der Waals surface area contributed by atoms with Crippen LogP contribution in [0.3, 0.4) is 0 Å². The third kappa shape index (κ3) is 9.75. The molecule has 0 saturated heterocycles. The number of nitrogens with one attached hydrogen (secondary N) is 4. The minimum Gasteiger partial charge on any atom is -0.444 e. The summed E-state index contributed by atoms with van der Waals surface area (Å²) in [6, 6.07) is 7.03. The van der Waals surface area contributed by atoms with Gasteiger partial charge in [-0.2, -0.15) is 0 Å². The van der Waals surface area contributed by atoms with Crippen LogP contribution >= 0.6 is 0 Å². The minimum absolute atomic E-state index is 0.0272. The normalized spacial score (nSPS) is 11.1. The average Bonchev–Trinajstić information content (AvgIpc) is 2.59. The highest BCUT2D eigenvalue weighted by molar-refractivity contribution is 5.95. The van der Waals surface area contributed by atoms with Crippen LogP contribution < -0.4 is 21.3 Å². The second-order valence-corrected chi connectivity index (χ2v) is 6.55. The van der Waals surface area contributed by atoms with Crippen LogP contribution in [0.4, 0.5) is 10.5 Å². The van der Waals surface area contributed by atoms with E-state index >= 15 is 0 Å². The summed E-state index contributed by atoms with van der Waals surface area (Å²) in [4.78, 5) is 27.6. The van der Waals surface area contributed by atoms with Gasteiger partial charge in [0.1, 0.15) is 5.60 Å². The highest BCUT2D eigenvalue weighted by Crippen LogP contribution is 2.09. The van der Waals surface area contributed by atoms with E-state index < -0.39 is 11.7 Å². The first-order valence-electron chi connectivity index (χ1n) is 8.51. The van der Waals surface area contributed by atoms with E-state index in [1.807, 2.05) is 0 Å². The van der Waals surface area contributed by atoms with Crippen LogP contribution in [0.25, 0.3) is 0 Å². The number of carbonyl (C=O) groups is 2. The summed E-state index contributed by atoms with van der Waals surface area (Å²) < 4.78 is 5.13. The molecule has 0 aliphatic carbocycles. The molecule has 0 aliphatic rings. The zero-order valence-electron chi connectivity index (χ0n) is 16.2. The molecule has 1 aromatic rings. The number of rotatable bonds is 6. The van der Waals surface area contributed by atoms with Crippen molar-refractivity contribution in [2.24, 2.45) is 4.99 Å². The molecular formula is C19H27N5O3. The van der Waals surface area contributed by atoms with Crippen molar-refractivity contribution < 1.29 is 14.3 Å². The van der Waals surface area contributed by atoms with Crippen LogP contribution in [0.15, 0.2) is 29.3 Å². The second kappa shape index (κ2) is 10.7. The topological polar surface area (TPSA) is 104 Å². The van der Waals surface area contributed by atoms with E-state index in [4.69, 9.17) is 11.2 Å². The monoisotopic (exact) mass is 373 g/mol. The summed E-state index contributed by atoms with van der Waals surface area (Å²) in [5.74, 6) is 2.72. The molecule has 0 bridgehead atoms. The van der Waals surface area contributed by atoms with Crippen molar-refractivity contribution in [1.82, 2.24) is 16.0 Å². The number of carbonyl (C=O) groups excluding carboxylic acids is 2. The van der Waals surface area contributed by atoms with Gasteiger partial charge in [-0.15, -0.1) is 6.42 Å². The fourth-order valence-corrected chi connectivity index (χ4v) is 1.94. The van der Waals surface area contributed by atoms with E-state index in [0.29, 0.717) is 30.3 Å². The van der Waals surface area contributed by atoms with Gasteiger partial charge in [0.25, 0.3) is 0 Å². The molecule has 0 fully saturated rings. The van der Waals surface area contributed by atoms with Gasteiger partial charge in [-0.25, -0.2) is 4.79 Å². The molecule has 8 heteroatoms. The lowest BCUT2D eigenvalue weighted by Gasteiger charge is -2.19. The van der Waals surface area contributed by atoms with E-state index in [1.165, 1.54) is 0 Å². The van der Waals surface area contributed by atoms with Crippen molar-refractivity contribution >= 4 is 23.6 Å². The Morgan fingerprint density at radius 1 is 1.19 bits per heavy atom. The predicted octanol–water partition coefficient (Wildman–Crippen LogP) is 1.30. The average molecular weight is 373 g/mol. The Labute approximate surface area is 160 Å². The number of ether oxygens (including phenoxy) is 1. The summed E-state index contributed by atoms with van der Waals surface area (Å²) >= 11 is 0. The third-order valence-electron chi connectivity index (χ3n) is 3.04. The number of anilines is 1. The van der Waals surface area contributed by atoms with Crippen molar-refractivity contribution in [2.75, 3.05) is 32.0 Å². The molecule has 8 nitrogen and oxygen atoms in total. The Kier molecular flexibility index (Phi) is 8.66. The smallest absolute Gasteiger partial charge is 0.407 e. The Balaban J connectivity index is 2.30. The van der Waals surface area contributed by atoms with Crippen LogP contribution in [0.2, 0.25) is 0 Å². The van der Waals surface area contributed by atoms with Gasteiger partial charge in [-0.05, 0) is 39.0 Å². The van der Waals surface area contributed by atoms with E-state index in [1.54, 1.807) is 52.1 Å². The molecule has 0 saturated carbocycles. The Bertz CT molecular complexity index is 717. The Morgan fingerprint density at radius 2 is 1.89 bits per heavy atom. The first-order chi connectivity index (χ1) is 12.7. The fourth-order valence-electron chi connectivity index (χ4n) is 1.94. The van der Waals surface area contributed by atoms with Gasteiger partial charge in [-0.1, -0.05) is 12.0 Å². The summed E-state index contributed by atoms with van der Waals surface area (Å²) in [7, 11) is 1.59. The molecule has 0 aromatic heterocycles. The van der Waals surface area contributed by atoms with E-state index in [-0.39, 0.29) is 12.5 Å². The number of aliphatic imine (C=N–C) groups is 1. The number of nitrogens with zero attached hydrogens (tertiary/aromatic N) is 1. The van der Waals surface area contributed by atoms with Gasteiger partial charge in [0.2, 0.25) is 5.91 Å². The molecule has 0 aliphatic heterocycles. The summed E-state index contributed by atoms with van der Waals surface area (Å²) in [6.45, 7) is 6.18. The minimum atomic E-state index is -0.539. The van der Waals surface area contributed by atoms with Crippen molar-refractivity contribution in [2.45, 2.75) is 26.4 Å². The number of alkyl carbamates (subject to hydrolysis) is 1. The molecule has 4 N–H and O–H groups in total.